The van der Waals surface area contributed by atoms with E-state index in [0.717, 1.165) is 5.56 Å². The molecule has 0 aromatic heterocycles. The molecule has 0 aliphatic carbocycles. The highest BCUT2D eigenvalue weighted by atomic mass is 35.5. The van der Waals surface area contributed by atoms with Crippen LogP contribution < -0.4 is 20.1 Å². The molecule has 0 saturated heterocycles. The third-order valence-electron chi connectivity index (χ3n) is 3.70. The Hall–Kier alpha value is -1.95. The molecule has 0 radical (unpaired) electrons. The van der Waals surface area contributed by atoms with Crippen LogP contribution in [0.25, 0.3) is 0 Å². The topological polar surface area (TPSA) is 59.6 Å². The first-order valence-electron chi connectivity index (χ1n) is 7.96. The minimum Gasteiger partial charge on any atom is -0.486 e. The summed E-state index contributed by atoms with van der Waals surface area (Å²) in [5.74, 6) is 1.22. The van der Waals surface area contributed by atoms with E-state index in [1.54, 1.807) is 30.3 Å². The molecule has 5 nitrogen and oxygen atoms in total. The van der Waals surface area contributed by atoms with Crippen LogP contribution in [-0.4, -0.2) is 32.2 Å². The molecule has 0 fully saturated rings. The number of hydrogen-bond donors (Lipinski definition) is 2. The third-order valence-corrected chi connectivity index (χ3v) is 4.28. The zero-order chi connectivity index (χ0) is 17.6. The molecule has 2 aromatic carbocycles. The molecule has 2 N–H and O–H groups in total. The van der Waals surface area contributed by atoms with E-state index in [0.29, 0.717) is 53.4 Å². The van der Waals surface area contributed by atoms with Gasteiger partial charge in [-0.05, 0) is 42.8 Å². The minimum atomic E-state index is -0.126. The maximum Gasteiger partial charge on any atom is 0.238 e. The number of hydrogen-bond acceptors (Lipinski definition) is 4. The number of carbonyl (C=O) groups is 1. The van der Waals surface area contributed by atoms with Crippen LogP contribution in [0.15, 0.2) is 36.4 Å². The van der Waals surface area contributed by atoms with E-state index < -0.39 is 0 Å². The number of ether oxygens (including phenoxy) is 2. The van der Waals surface area contributed by atoms with Crippen LogP contribution in [0.2, 0.25) is 10.0 Å². The lowest BCUT2D eigenvalue weighted by Gasteiger charge is -2.19. The summed E-state index contributed by atoms with van der Waals surface area (Å²) in [5, 5.41) is 7.17. The molecular weight excluding hydrogens is 363 g/mol. The molecule has 2 aromatic rings. The minimum absolute atomic E-state index is 0.126. The number of carbonyl (C=O) groups excluding carboxylic acids is 1. The first-order valence-corrected chi connectivity index (χ1v) is 8.71. The molecule has 1 heterocycles. The van der Waals surface area contributed by atoms with Gasteiger partial charge in [0.15, 0.2) is 11.5 Å². The summed E-state index contributed by atoms with van der Waals surface area (Å²) >= 11 is 12.0. The van der Waals surface area contributed by atoms with Crippen molar-refractivity contribution < 1.29 is 14.3 Å². The standard InChI is InChI=1S/C18H18Cl2N2O3/c19-13-2-1-12(15(20)9-13)5-6-21-11-18(23)22-14-3-4-16-17(10-14)25-8-7-24-16/h1-4,9-10,21H,5-8,11H2,(H,22,23). The Kier molecular flexibility index (Phi) is 6.02. The number of nitrogens with one attached hydrogen (secondary N) is 2. The van der Waals surface area contributed by atoms with Crippen molar-refractivity contribution in [1.29, 1.82) is 0 Å². The van der Waals surface area contributed by atoms with Crippen LogP contribution in [-0.2, 0) is 11.2 Å². The lowest BCUT2D eigenvalue weighted by molar-refractivity contribution is -0.115. The van der Waals surface area contributed by atoms with Crippen molar-refractivity contribution in [3.05, 3.63) is 52.0 Å². The normalized spacial score (nSPS) is 12.7. The number of anilines is 1. The van der Waals surface area contributed by atoms with Crippen molar-refractivity contribution in [1.82, 2.24) is 5.32 Å². The number of benzene rings is 2. The van der Waals surface area contributed by atoms with Crippen LogP contribution >= 0.6 is 23.2 Å². The highest BCUT2D eigenvalue weighted by Gasteiger charge is 2.12. The Labute approximate surface area is 156 Å². The van der Waals surface area contributed by atoms with E-state index in [1.807, 2.05) is 6.07 Å². The molecular formula is C18H18Cl2N2O3. The summed E-state index contributed by atoms with van der Waals surface area (Å²) in [6.45, 7) is 1.90. The number of amides is 1. The highest BCUT2D eigenvalue weighted by Crippen LogP contribution is 2.32. The summed E-state index contributed by atoms with van der Waals surface area (Å²) in [5.41, 5.74) is 1.67. The Morgan fingerprint density at radius 2 is 1.84 bits per heavy atom. The van der Waals surface area contributed by atoms with Gasteiger partial charge in [-0.25, -0.2) is 0 Å². The molecule has 0 atom stereocenters. The average molecular weight is 381 g/mol. The fourth-order valence-electron chi connectivity index (χ4n) is 2.48. The van der Waals surface area contributed by atoms with Crippen molar-refractivity contribution >= 4 is 34.8 Å². The van der Waals surface area contributed by atoms with Crippen molar-refractivity contribution in [3.8, 4) is 11.5 Å². The first-order chi connectivity index (χ1) is 12.1. The van der Waals surface area contributed by atoms with E-state index in [2.05, 4.69) is 10.6 Å². The predicted octanol–water partition coefficient (Wildman–Crippen LogP) is 3.54. The second-order valence-electron chi connectivity index (χ2n) is 5.57. The van der Waals surface area contributed by atoms with Crippen LogP contribution in [0.3, 0.4) is 0 Å². The second-order valence-corrected chi connectivity index (χ2v) is 6.41. The first kappa shape index (κ1) is 17.9. The van der Waals surface area contributed by atoms with Crippen molar-refractivity contribution in [2.45, 2.75) is 6.42 Å². The second kappa shape index (κ2) is 8.43. The zero-order valence-electron chi connectivity index (χ0n) is 13.5. The predicted molar refractivity (Wildman–Crippen MR) is 99.1 cm³/mol. The third kappa shape index (κ3) is 5.01. The molecule has 1 aliphatic rings. The van der Waals surface area contributed by atoms with E-state index in [9.17, 15) is 4.79 Å². The smallest absolute Gasteiger partial charge is 0.238 e. The Balaban J connectivity index is 1.43. The van der Waals surface area contributed by atoms with Crippen LogP contribution in [0.5, 0.6) is 11.5 Å². The summed E-state index contributed by atoms with van der Waals surface area (Å²) in [4.78, 5) is 12.0. The van der Waals surface area contributed by atoms with Crippen molar-refractivity contribution in [2.75, 3.05) is 31.6 Å². The fraction of sp³-hybridized carbons (Fsp3) is 0.278. The van der Waals surface area contributed by atoms with E-state index in [4.69, 9.17) is 32.7 Å². The molecule has 0 spiro atoms. The Morgan fingerprint density at radius 3 is 2.64 bits per heavy atom. The zero-order valence-corrected chi connectivity index (χ0v) is 15.0. The van der Waals surface area contributed by atoms with E-state index >= 15 is 0 Å². The molecule has 0 bridgehead atoms. The average Bonchev–Trinajstić information content (AvgIpc) is 2.60. The number of halogens is 2. The fourth-order valence-corrected chi connectivity index (χ4v) is 2.98. The van der Waals surface area contributed by atoms with E-state index in [-0.39, 0.29) is 12.5 Å². The van der Waals surface area contributed by atoms with Gasteiger partial charge in [-0.1, -0.05) is 29.3 Å². The van der Waals surface area contributed by atoms with E-state index in [1.165, 1.54) is 0 Å². The highest BCUT2D eigenvalue weighted by molar-refractivity contribution is 6.35. The van der Waals surface area contributed by atoms with Crippen LogP contribution in [0.4, 0.5) is 5.69 Å². The number of fused-ring (bicyclic) bond motifs is 1. The quantitative estimate of drug-likeness (QED) is 0.752. The molecule has 0 saturated carbocycles. The molecule has 25 heavy (non-hydrogen) atoms. The largest absolute Gasteiger partial charge is 0.486 e. The van der Waals surface area contributed by atoms with Gasteiger partial charge in [0.1, 0.15) is 13.2 Å². The van der Waals surface area contributed by atoms with Gasteiger partial charge in [0, 0.05) is 21.8 Å². The van der Waals surface area contributed by atoms with Gasteiger partial charge in [0.25, 0.3) is 0 Å². The van der Waals surface area contributed by atoms with Crippen LogP contribution in [0.1, 0.15) is 5.56 Å². The summed E-state index contributed by atoms with van der Waals surface area (Å²) in [6, 6.07) is 10.8. The maximum atomic E-state index is 12.0. The van der Waals surface area contributed by atoms with Gasteiger partial charge >= 0.3 is 0 Å². The molecule has 0 unspecified atom stereocenters. The van der Waals surface area contributed by atoms with Crippen molar-refractivity contribution in [3.63, 3.8) is 0 Å². The van der Waals surface area contributed by atoms with Gasteiger partial charge in [-0.3, -0.25) is 4.79 Å². The van der Waals surface area contributed by atoms with Crippen LogP contribution in [0, 0.1) is 0 Å². The molecule has 1 aliphatic heterocycles. The lowest BCUT2D eigenvalue weighted by atomic mass is 10.1. The van der Waals surface area contributed by atoms with Gasteiger partial charge in [0.05, 0.1) is 6.54 Å². The van der Waals surface area contributed by atoms with Crippen molar-refractivity contribution in [2.24, 2.45) is 0 Å². The SMILES string of the molecule is O=C(CNCCc1ccc(Cl)cc1Cl)Nc1ccc2c(c1)OCCO2. The molecule has 3 rings (SSSR count). The van der Waals surface area contributed by atoms with Gasteiger partial charge in [-0.15, -0.1) is 0 Å². The Morgan fingerprint density at radius 1 is 1.04 bits per heavy atom. The monoisotopic (exact) mass is 380 g/mol. The Bertz CT molecular complexity index is 768. The summed E-state index contributed by atoms with van der Waals surface area (Å²) < 4.78 is 11.0. The van der Waals surface area contributed by atoms with Gasteiger partial charge in [0.2, 0.25) is 5.91 Å². The lowest BCUT2D eigenvalue weighted by Crippen LogP contribution is -2.29. The molecule has 7 heteroatoms. The molecule has 132 valence electrons. The van der Waals surface area contributed by atoms with Gasteiger partial charge < -0.3 is 20.1 Å². The van der Waals surface area contributed by atoms with Gasteiger partial charge in [-0.2, -0.15) is 0 Å². The maximum absolute atomic E-state index is 12.0. The summed E-state index contributed by atoms with van der Waals surface area (Å²) in [7, 11) is 0. The molecule has 1 amide bonds. The number of rotatable bonds is 6. The summed E-state index contributed by atoms with van der Waals surface area (Å²) in [6.07, 6.45) is 0.716.